The molecule has 0 N–H and O–H groups in total. The van der Waals surface area contributed by atoms with Crippen molar-refractivity contribution >= 4 is 5.97 Å². The van der Waals surface area contributed by atoms with E-state index in [1.165, 1.54) is 0 Å². The molecule has 2 rings (SSSR count). The van der Waals surface area contributed by atoms with Crippen LogP contribution in [-0.4, -0.2) is 53.6 Å². The zero-order valence-electron chi connectivity index (χ0n) is 15.1. The third-order valence-electron chi connectivity index (χ3n) is 5.11. The summed E-state index contributed by atoms with van der Waals surface area (Å²) in [6.45, 7) is 13.2. The van der Waals surface area contributed by atoms with Crippen LogP contribution in [0.15, 0.2) is 0 Å². The molecule has 1 atom stereocenters. The number of carbonyl (C=O) groups excluding carboxylic acids is 1. The molecule has 2 saturated heterocycles. The van der Waals surface area contributed by atoms with Gasteiger partial charge < -0.3 is 14.2 Å². The average Bonchev–Trinajstić information content (AvgIpc) is 2.70. The van der Waals surface area contributed by atoms with E-state index in [2.05, 4.69) is 39.6 Å². The van der Waals surface area contributed by atoms with Gasteiger partial charge in [-0.05, 0) is 48.1 Å². The van der Waals surface area contributed by atoms with E-state index < -0.39 is 11.4 Å². The van der Waals surface area contributed by atoms with Gasteiger partial charge in [-0.15, -0.1) is 0 Å². The van der Waals surface area contributed by atoms with Crippen molar-refractivity contribution in [2.45, 2.75) is 83.3 Å². The smallest absolute Gasteiger partial charge is 0.340 e. The first-order valence-corrected chi connectivity index (χ1v) is 8.22. The lowest BCUT2D eigenvalue weighted by molar-refractivity contribution is -0.253. The Morgan fingerprint density at radius 1 is 1.14 bits per heavy atom. The fraction of sp³-hybridized carbons (Fsp3) is 0.941. The van der Waals surface area contributed by atoms with Gasteiger partial charge in [-0.1, -0.05) is 6.92 Å². The van der Waals surface area contributed by atoms with Crippen molar-refractivity contribution in [3.05, 3.63) is 0 Å². The molecule has 1 unspecified atom stereocenters. The van der Waals surface area contributed by atoms with E-state index >= 15 is 0 Å². The Morgan fingerprint density at radius 3 is 2.18 bits per heavy atom. The molecule has 0 aliphatic carbocycles. The van der Waals surface area contributed by atoms with Crippen LogP contribution >= 0.6 is 0 Å². The molecule has 0 saturated carbocycles. The number of hydrogen-bond donors (Lipinski definition) is 0. The quantitative estimate of drug-likeness (QED) is 0.750. The highest BCUT2D eigenvalue weighted by molar-refractivity contribution is 5.79. The number of hydrogen-bond acceptors (Lipinski definition) is 5. The molecule has 2 fully saturated rings. The number of piperidine rings is 1. The summed E-state index contributed by atoms with van der Waals surface area (Å²) in [7, 11) is 2.14. The summed E-state index contributed by atoms with van der Waals surface area (Å²) in [4.78, 5) is 14.7. The summed E-state index contributed by atoms with van der Waals surface area (Å²) < 4.78 is 17.6. The van der Waals surface area contributed by atoms with Crippen molar-refractivity contribution in [3.63, 3.8) is 0 Å². The highest BCUT2D eigenvalue weighted by Gasteiger charge is 2.60. The van der Waals surface area contributed by atoms with E-state index in [0.717, 1.165) is 19.3 Å². The SMILES string of the molecule is CCCOC(=O)C1(C)COC2(CC(C)(C)N(C)C(C)(C)C2)O1. The molecule has 0 aromatic rings. The molecule has 0 bridgehead atoms. The maximum absolute atomic E-state index is 12.3. The third kappa shape index (κ3) is 3.03. The van der Waals surface area contributed by atoms with Crippen LogP contribution in [0.1, 0.15) is 60.8 Å². The van der Waals surface area contributed by atoms with Crippen LogP contribution in [-0.2, 0) is 19.0 Å². The Hall–Kier alpha value is -0.650. The van der Waals surface area contributed by atoms with Crippen LogP contribution in [0.3, 0.4) is 0 Å². The molecule has 0 aromatic heterocycles. The minimum absolute atomic E-state index is 0.0691. The van der Waals surface area contributed by atoms with Crippen molar-refractivity contribution in [1.29, 1.82) is 0 Å². The second-order valence-corrected chi connectivity index (χ2v) is 8.21. The number of nitrogens with zero attached hydrogens (tertiary/aromatic N) is 1. The highest BCUT2D eigenvalue weighted by Crippen LogP contribution is 2.49. The summed E-state index contributed by atoms with van der Waals surface area (Å²) in [6.07, 6.45) is 2.27. The van der Waals surface area contributed by atoms with Crippen molar-refractivity contribution in [2.75, 3.05) is 20.3 Å². The van der Waals surface area contributed by atoms with E-state index in [9.17, 15) is 4.79 Å². The summed E-state index contributed by atoms with van der Waals surface area (Å²) in [5.74, 6) is -1.03. The van der Waals surface area contributed by atoms with Crippen molar-refractivity contribution in [3.8, 4) is 0 Å². The fourth-order valence-electron chi connectivity index (χ4n) is 3.80. The largest absolute Gasteiger partial charge is 0.464 e. The Bertz CT molecular complexity index is 428. The first-order chi connectivity index (χ1) is 9.96. The molecule has 0 aromatic carbocycles. The molecule has 22 heavy (non-hydrogen) atoms. The normalized spacial score (nSPS) is 33.0. The Morgan fingerprint density at radius 2 is 1.68 bits per heavy atom. The number of ether oxygens (including phenoxy) is 3. The number of carbonyl (C=O) groups is 1. The summed E-state index contributed by atoms with van der Waals surface area (Å²) in [5, 5.41) is 0. The molecule has 0 amide bonds. The van der Waals surface area contributed by atoms with Gasteiger partial charge in [-0.25, -0.2) is 4.79 Å². The first-order valence-electron chi connectivity index (χ1n) is 8.22. The minimum atomic E-state index is -1.00. The zero-order chi connectivity index (χ0) is 16.8. The van der Waals surface area contributed by atoms with Gasteiger partial charge in [0.2, 0.25) is 0 Å². The van der Waals surface area contributed by atoms with Gasteiger partial charge in [0.25, 0.3) is 0 Å². The standard InChI is InChI=1S/C17H31NO4/c1-8-9-20-13(19)16(6)12-21-17(22-16)10-14(2,3)18(7)15(4,5)11-17/h8-12H2,1-7H3. The van der Waals surface area contributed by atoms with Crippen LogP contribution in [0.25, 0.3) is 0 Å². The van der Waals surface area contributed by atoms with E-state index in [0.29, 0.717) is 6.61 Å². The maximum atomic E-state index is 12.3. The van der Waals surface area contributed by atoms with Crippen LogP contribution in [0.2, 0.25) is 0 Å². The van der Waals surface area contributed by atoms with E-state index in [1.807, 2.05) is 6.92 Å². The monoisotopic (exact) mass is 313 g/mol. The Kier molecular flexibility index (Phi) is 4.39. The topological polar surface area (TPSA) is 48.0 Å². The molecule has 5 heteroatoms. The summed E-state index contributed by atoms with van der Waals surface area (Å²) in [6, 6.07) is 0. The van der Waals surface area contributed by atoms with Crippen molar-refractivity contribution in [2.24, 2.45) is 0 Å². The van der Waals surface area contributed by atoms with Crippen LogP contribution < -0.4 is 0 Å². The summed E-state index contributed by atoms with van der Waals surface area (Å²) in [5.41, 5.74) is -1.14. The molecule has 128 valence electrons. The second kappa shape index (κ2) is 5.46. The molecule has 2 aliphatic rings. The molecule has 2 heterocycles. The van der Waals surface area contributed by atoms with Crippen molar-refractivity contribution < 1.29 is 19.0 Å². The molecular formula is C17H31NO4. The van der Waals surface area contributed by atoms with Gasteiger partial charge in [-0.2, -0.15) is 0 Å². The minimum Gasteiger partial charge on any atom is -0.464 e. The fourth-order valence-corrected chi connectivity index (χ4v) is 3.80. The third-order valence-corrected chi connectivity index (χ3v) is 5.11. The van der Waals surface area contributed by atoms with Gasteiger partial charge in [0.1, 0.15) is 0 Å². The Labute approximate surface area is 134 Å². The zero-order valence-corrected chi connectivity index (χ0v) is 15.1. The molecule has 1 spiro atoms. The van der Waals surface area contributed by atoms with E-state index in [1.54, 1.807) is 6.92 Å². The predicted molar refractivity (Wildman–Crippen MR) is 84.6 cm³/mol. The lowest BCUT2D eigenvalue weighted by Crippen LogP contribution is -2.64. The molecule has 5 nitrogen and oxygen atoms in total. The number of esters is 1. The second-order valence-electron chi connectivity index (χ2n) is 8.21. The van der Waals surface area contributed by atoms with Gasteiger partial charge in [-0.3, -0.25) is 4.90 Å². The first kappa shape index (κ1) is 17.7. The van der Waals surface area contributed by atoms with E-state index in [-0.39, 0.29) is 23.7 Å². The van der Waals surface area contributed by atoms with Gasteiger partial charge >= 0.3 is 5.97 Å². The maximum Gasteiger partial charge on any atom is 0.340 e. The van der Waals surface area contributed by atoms with Crippen LogP contribution in [0, 0.1) is 0 Å². The van der Waals surface area contributed by atoms with Gasteiger partial charge in [0.05, 0.1) is 13.2 Å². The van der Waals surface area contributed by atoms with Crippen LogP contribution in [0.4, 0.5) is 0 Å². The van der Waals surface area contributed by atoms with E-state index in [4.69, 9.17) is 14.2 Å². The predicted octanol–water partition coefficient (Wildman–Crippen LogP) is 2.72. The number of likely N-dealkylation sites (tertiary alicyclic amines) is 1. The highest BCUT2D eigenvalue weighted by atomic mass is 16.8. The lowest BCUT2D eigenvalue weighted by atomic mass is 9.76. The molecular weight excluding hydrogens is 282 g/mol. The lowest BCUT2D eigenvalue weighted by Gasteiger charge is -2.56. The molecule has 2 aliphatic heterocycles. The number of rotatable bonds is 3. The molecule has 0 radical (unpaired) electrons. The summed E-state index contributed by atoms with van der Waals surface area (Å²) >= 11 is 0. The van der Waals surface area contributed by atoms with Crippen molar-refractivity contribution in [1.82, 2.24) is 4.90 Å². The van der Waals surface area contributed by atoms with Gasteiger partial charge in [0.15, 0.2) is 11.4 Å². The van der Waals surface area contributed by atoms with Gasteiger partial charge in [0, 0.05) is 23.9 Å². The Balaban J connectivity index is 2.18. The van der Waals surface area contributed by atoms with Crippen LogP contribution in [0.5, 0.6) is 0 Å². The average molecular weight is 313 g/mol.